The number of aromatic nitrogens is 4. The first-order valence-electron chi connectivity index (χ1n) is 7.56. The van der Waals surface area contributed by atoms with E-state index in [1.165, 1.54) is 0 Å². The summed E-state index contributed by atoms with van der Waals surface area (Å²) in [7, 11) is 0. The SMILES string of the molecule is FCc1ccc2nc(CCc3cnc4ccccc4n3)[nH]c2c1. The molecule has 0 saturated carbocycles. The molecule has 2 heterocycles. The molecule has 4 aromatic rings. The Balaban J connectivity index is 1.55. The summed E-state index contributed by atoms with van der Waals surface area (Å²) in [5.41, 5.74) is 5.14. The Hall–Kier alpha value is -2.82. The van der Waals surface area contributed by atoms with E-state index in [0.717, 1.165) is 46.4 Å². The van der Waals surface area contributed by atoms with Crippen molar-refractivity contribution in [2.24, 2.45) is 0 Å². The van der Waals surface area contributed by atoms with Gasteiger partial charge in [-0.3, -0.25) is 4.98 Å². The Labute approximate surface area is 132 Å². The van der Waals surface area contributed by atoms with Crippen LogP contribution < -0.4 is 0 Å². The fourth-order valence-corrected chi connectivity index (χ4v) is 2.67. The van der Waals surface area contributed by atoms with Crippen molar-refractivity contribution in [1.29, 1.82) is 0 Å². The number of para-hydroxylation sites is 2. The minimum Gasteiger partial charge on any atom is -0.342 e. The lowest BCUT2D eigenvalue weighted by Crippen LogP contribution is -1.97. The minimum absolute atomic E-state index is 0.461. The van der Waals surface area contributed by atoms with Crippen LogP contribution in [0.5, 0.6) is 0 Å². The van der Waals surface area contributed by atoms with E-state index in [9.17, 15) is 4.39 Å². The maximum atomic E-state index is 12.7. The number of fused-ring (bicyclic) bond motifs is 2. The molecule has 1 N–H and O–H groups in total. The number of nitrogens with zero attached hydrogens (tertiary/aromatic N) is 3. The van der Waals surface area contributed by atoms with Gasteiger partial charge in [-0.1, -0.05) is 18.2 Å². The van der Waals surface area contributed by atoms with Gasteiger partial charge in [0.1, 0.15) is 12.5 Å². The van der Waals surface area contributed by atoms with Crippen molar-refractivity contribution in [2.45, 2.75) is 19.5 Å². The van der Waals surface area contributed by atoms with Crippen molar-refractivity contribution in [2.75, 3.05) is 0 Å². The number of H-pyrrole nitrogens is 1. The molecular formula is C18H15FN4. The molecule has 0 atom stereocenters. The van der Waals surface area contributed by atoms with E-state index in [1.54, 1.807) is 6.07 Å². The topological polar surface area (TPSA) is 54.5 Å². The number of benzene rings is 2. The Morgan fingerprint density at radius 2 is 1.78 bits per heavy atom. The molecule has 114 valence electrons. The second-order valence-electron chi connectivity index (χ2n) is 5.52. The maximum absolute atomic E-state index is 12.7. The predicted octanol–water partition coefficient (Wildman–Crippen LogP) is 3.76. The lowest BCUT2D eigenvalue weighted by atomic mass is 10.2. The summed E-state index contributed by atoms with van der Waals surface area (Å²) in [4.78, 5) is 16.8. The van der Waals surface area contributed by atoms with Gasteiger partial charge in [0.05, 0.1) is 27.8 Å². The summed E-state index contributed by atoms with van der Waals surface area (Å²) in [5.74, 6) is 0.881. The summed E-state index contributed by atoms with van der Waals surface area (Å²) in [6, 6.07) is 13.3. The molecular weight excluding hydrogens is 291 g/mol. The van der Waals surface area contributed by atoms with E-state index in [0.29, 0.717) is 5.56 Å². The Bertz CT molecular complexity index is 977. The molecule has 0 fully saturated rings. The molecule has 0 unspecified atom stereocenters. The number of rotatable bonds is 4. The van der Waals surface area contributed by atoms with Gasteiger partial charge in [0.15, 0.2) is 0 Å². The highest BCUT2D eigenvalue weighted by molar-refractivity contribution is 5.76. The van der Waals surface area contributed by atoms with Crippen molar-refractivity contribution in [1.82, 2.24) is 19.9 Å². The van der Waals surface area contributed by atoms with Gasteiger partial charge in [0.25, 0.3) is 0 Å². The number of halogens is 1. The number of hydrogen-bond acceptors (Lipinski definition) is 3. The van der Waals surface area contributed by atoms with Crippen LogP contribution in [0.4, 0.5) is 4.39 Å². The Kier molecular flexibility index (Phi) is 3.46. The molecule has 4 nitrogen and oxygen atoms in total. The highest BCUT2D eigenvalue weighted by atomic mass is 19.1. The molecule has 0 spiro atoms. The monoisotopic (exact) mass is 306 g/mol. The van der Waals surface area contributed by atoms with Crippen LogP contribution in [0, 0.1) is 0 Å². The van der Waals surface area contributed by atoms with Crippen molar-refractivity contribution in [3.63, 3.8) is 0 Å². The molecule has 0 saturated heterocycles. The van der Waals surface area contributed by atoms with Crippen molar-refractivity contribution in [3.8, 4) is 0 Å². The predicted molar refractivity (Wildman–Crippen MR) is 87.9 cm³/mol. The quantitative estimate of drug-likeness (QED) is 0.624. The molecule has 0 aliphatic carbocycles. The summed E-state index contributed by atoms with van der Waals surface area (Å²) in [5, 5.41) is 0. The molecule has 23 heavy (non-hydrogen) atoms. The van der Waals surface area contributed by atoms with Crippen molar-refractivity contribution in [3.05, 3.63) is 65.7 Å². The fourth-order valence-electron chi connectivity index (χ4n) is 2.67. The van der Waals surface area contributed by atoms with Crippen LogP contribution in [-0.4, -0.2) is 19.9 Å². The summed E-state index contributed by atoms with van der Waals surface area (Å²) in [6.45, 7) is -0.461. The number of aromatic amines is 1. The van der Waals surface area contributed by atoms with Crippen LogP contribution in [0.1, 0.15) is 17.1 Å². The third-order valence-corrected chi connectivity index (χ3v) is 3.87. The van der Waals surface area contributed by atoms with Gasteiger partial charge in [0.2, 0.25) is 0 Å². The largest absolute Gasteiger partial charge is 0.342 e. The van der Waals surface area contributed by atoms with E-state index in [-0.39, 0.29) is 0 Å². The number of alkyl halides is 1. The summed E-state index contributed by atoms with van der Waals surface area (Å²) < 4.78 is 12.7. The average molecular weight is 306 g/mol. The van der Waals surface area contributed by atoms with Gasteiger partial charge in [0, 0.05) is 12.6 Å². The first-order valence-corrected chi connectivity index (χ1v) is 7.56. The van der Waals surface area contributed by atoms with Gasteiger partial charge in [-0.25, -0.2) is 14.4 Å². The van der Waals surface area contributed by atoms with E-state index in [4.69, 9.17) is 0 Å². The molecule has 2 aromatic carbocycles. The molecule has 0 radical (unpaired) electrons. The molecule has 0 aliphatic heterocycles. The molecule has 5 heteroatoms. The Morgan fingerprint density at radius 1 is 0.913 bits per heavy atom. The number of aryl methyl sites for hydroxylation is 2. The highest BCUT2D eigenvalue weighted by Crippen LogP contribution is 2.16. The third kappa shape index (κ3) is 2.77. The molecule has 2 aromatic heterocycles. The first kappa shape index (κ1) is 13.8. The minimum atomic E-state index is -0.461. The van der Waals surface area contributed by atoms with E-state index < -0.39 is 6.67 Å². The fraction of sp³-hybridized carbons (Fsp3) is 0.167. The maximum Gasteiger partial charge on any atom is 0.115 e. The number of hydrogen-bond donors (Lipinski definition) is 1. The lowest BCUT2D eigenvalue weighted by molar-refractivity contribution is 0.485. The first-order chi connectivity index (χ1) is 11.3. The normalized spacial score (nSPS) is 11.3. The Morgan fingerprint density at radius 3 is 2.65 bits per heavy atom. The van der Waals surface area contributed by atoms with Gasteiger partial charge >= 0.3 is 0 Å². The second-order valence-corrected chi connectivity index (χ2v) is 5.52. The number of imidazole rings is 1. The molecule has 0 aliphatic rings. The third-order valence-electron chi connectivity index (χ3n) is 3.87. The van der Waals surface area contributed by atoms with Crippen LogP contribution in [-0.2, 0) is 19.5 Å². The lowest BCUT2D eigenvalue weighted by Gasteiger charge is -2.01. The highest BCUT2D eigenvalue weighted by Gasteiger charge is 2.06. The van der Waals surface area contributed by atoms with Crippen LogP contribution >= 0.6 is 0 Å². The van der Waals surface area contributed by atoms with Crippen LogP contribution in [0.2, 0.25) is 0 Å². The van der Waals surface area contributed by atoms with E-state index >= 15 is 0 Å². The summed E-state index contributed by atoms with van der Waals surface area (Å²) in [6.07, 6.45) is 3.31. The number of nitrogens with one attached hydrogen (secondary N) is 1. The zero-order valence-electron chi connectivity index (χ0n) is 12.5. The molecule has 0 bridgehead atoms. The van der Waals surface area contributed by atoms with Gasteiger partial charge in [-0.15, -0.1) is 0 Å². The van der Waals surface area contributed by atoms with Crippen LogP contribution in [0.15, 0.2) is 48.7 Å². The average Bonchev–Trinajstić information content (AvgIpc) is 3.01. The zero-order valence-corrected chi connectivity index (χ0v) is 12.5. The van der Waals surface area contributed by atoms with Gasteiger partial charge in [-0.2, -0.15) is 0 Å². The van der Waals surface area contributed by atoms with Crippen LogP contribution in [0.25, 0.3) is 22.1 Å². The standard InChI is InChI=1S/C18H15FN4/c19-10-12-5-7-16-17(9-12)23-18(22-16)8-6-13-11-20-14-3-1-2-4-15(14)21-13/h1-5,7,9,11H,6,8,10H2,(H,22,23). The van der Waals surface area contributed by atoms with Gasteiger partial charge < -0.3 is 4.98 Å². The van der Waals surface area contributed by atoms with Gasteiger partial charge in [-0.05, 0) is 36.2 Å². The summed E-state index contributed by atoms with van der Waals surface area (Å²) >= 11 is 0. The zero-order chi connectivity index (χ0) is 15.6. The van der Waals surface area contributed by atoms with Crippen molar-refractivity contribution >= 4 is 22.1 Å². The second kappa shape index (κ2) is 5.76. The van der Waals surface area contributed by atoms with Crippen LogP contribution in [0.3, 0.4) is 0 Å². The van der Waals surface area contributed by atoms with E-state index in [2.05, 4.69) is 19.9 Å². The van der Waals surface area contributed by atoms with E-state index in [1.807, 2.05) is 42.6 Å². The molecule has 4 rings (SSSR count). The van der Waals surface area contributed by atoms with Crippen molar-refractivity contribution < 1.29 is 4.39 Å². The smallest absolute Gasteiger partial charge is 0.115 e. The molecule has 0 amide bonds.